The number of fused-ring (bicyclic) bond motifs is 2. The van der Waals surface area contributed by atoms with Gasteiger partial charge in [0.25, 0.3) is 5.43 Å². The van der Waals surface area contributed by atoms with Crippen LogP contribution in [0.3, 0.4) is 0 Å². The summed E-state index contributed by atoms with van der Waals surface area (Å²) in [6, 6.07) is 15.8. The molecular formula is C23H16N2O5. The second kappa shape index (κ2) is 6.45. The summed E-state index contributed by atoms with van der Waals surface area (Å²) in [5.74, 6) is 0.632. The van der Waals surface area contributed by atoms with Crippen molar-refractivity contribution < 1.29 is 14.6 Å². The first-order valence-electron chi connectivity index (χ1n) is 9.20. The van der Waals surface area contributed by atoms with Gasteiger partial charge in [0.2, 0.25) is 0 Å². The number of rotatable bonds is 3. The van der Waals surface area contributed by atoms with E-state index in [9.17, 15) is 14.7 Å². The van der Waals surface area contributed by atoms with Crippen molar-refractivity contribution in [2.75, 3.05) is 14.2 Å². The van der Waals surface area contributed by atoms with E-state index in [-0.39, 0.29) is 16.8 Å². The highest BCUT2D eigenvalue weighted by Crippen LogP contribution is 2.30. The average molecular weight is 400 g/mol. The Morgan fingerprint density at radius 1 is 0.967 bits per heavy atom. The molecule has 0 spiro atoms. The van der Waals surface area contributed by atoms with Crippen LogP contribution in [0.1, 0.15) is 5.56 Å². The standard InChI is InChI=1S/C23H16N2O5/c1-29-16-10-9-13(11-17(16)30-2)20(26)19-21(27)23(28)25-15-8-4-6-12-5-3-7-14(18(12)15)24-22(19)25/h3-11,26H,1-2H3/b20-19-. The van der Waals surface area contributed by atoms with Gasteiger partial charge < -0.3 is 14.6 Å². The van der Waals surface area contributed by atoms with E-state index >= 15 is 0 Å². The summed E-state index contributed by atoms with van der Waals surface area (Å²) >= 11 is 0. The van der Waals surface area contributed by atoms with Crippen molar-refractivity contribution in [3.63, 3.8) is 0 Å². The van der Waals surface area contributed by atoms with Crippen LogP contribution < -0.4 is 25.7 Å². The highest BCUT2D eigenvalue weighted by Gasteiger charge is 2.23. The van der Waals surface area contributed by atoms with Gasteiger partial charge in [-0.15, -0.1) is 0 Å². The van der Waals surface area contributed by atoms with Gasteiger partial charge in [0.15, 0.2) is 17.3 Å². The van der Waals surface area contributed by atoms with E-state index in [0.29, 0.717) is 28.1 Å². The highest BCUT2D eigenvalue weighted by atomic mass is 16.5. The van der Waals surface area contributed by atoms with Crippen molar-refractivity contribution in [1.29, 1.82) is 0 Å². The van der Waals surface area contributed by atoms with Crippen LogP contribution in [-0.2, 0) is 0 Å². The molecule has 2 aliphatic heterocycles. The van der Waals surface area contributed by atoms with E-state index in [0.717, 1.165) is 10.8 Å². The molecule has 148 valence electrons. The Morgan fingerprint density at radius 3 is 2.43 bits per heavy atom. The lowest BCUT2D eigenvalue weighted by atomic mass is 10.1. The number of hydrogen-bond acceptors (Lipinski definition) is 6. The van der Waals surface area contributed by atoms with Crippen molar-refractivity contribution in [2.45, 2.75) is 0 Å². The number of hydrogen-bond donors (Lipinski definition) is 1. The molecule has 0 aromatic heterocycles. The van der Waals surface area contributed by atoms with Gasteiger partial charge in [0, 0.05) is 10.9 Å². The fourth-order valence-corrected chi connectivity index (χ4v) is 3.88. The van der Waals surface area contributed by atoms with Gasteiger partial charge in [-0.3, -0.25) is 14.2 Å². The van der Waals surface area contributed by atoms with Crippen molar-refractivity contribution in [2.24, 2.45) is 0 Å². The molecule has 0 amide bonds. The number of nitrogens with zero attached hydrogens (tertiary/aromatic N) is 2. The highest BCUT2D eigenvalue weighted by molar-refractivity contribution is 6.07. The van der Waals surface area contributed by atoms with Gasteiger partial charge >= 0.3 is 5.56 Å². The largest absolute Gasteiger partial charge is 0.506 e. The van der Waals surface area contributed by atoms with Crippen LogP contribution in [0, 0.1) is 0 Å². The molecule has 2 heterocycles. The van der Waals surface area contributed by atoms with E-state index in [1.165, 1.54) is 18.8 Å². The lowest BCUT2D eigenvalue weighted by Crippen LogP contribution is -2.33. The summed E-state index contributed by atoms with van der Waals surface area (Å²) in [4.78, 5) is 30.3. The molecule has 3 aromatic carbocycles. The fourth-order valence-electron chi connectivity index (χ4n) is 3.88. The zero-order chi connectivity index (χ0) is 21.0. The Balaban J connectivity index is 1.93. The molecule has 7 nitrogen and oxygen atoms in total. The Bertz CT molecular complexity index is 1570. The Labute approximate surface area is 169 Å². The van der Waals surface area contributed by atoms with Crippen molar-refractivity contribution in [1.82, 2.24) is 9.55 Å². The molecule has 0 aliphatic carbocycles. The van der Waals surface area contributed by atoms with Crippen molar-refractivity contribution in [3.8, 4) is 17.3 Å². The van der Waals surface area contributed by atoms with Crippen LogP contribution in [0.2, 0.25) is 0 Å². The van der Waals surface area contributed by atoms with Gasteiger partial charge in [-0.1, -0.05) is 24.3 Å². The van der Waals surface area contributed by atoms with Crippen LogP contribution in [0.15, 0.2) is 64.2 Å². The normalized spacial score (nSPS) is 12.6. The first-order chi connectivity index (χ1) is 14.5. The molecule has 2 aliphatic rings. The van der Waals surface area contributed by atoms with E-state index < -0.39 is 11.0 Å². The third kappa shape index (κ3) is 2.35. The predicted molar refractivity (Wildman–Crippen MR) is 113 cm³/mol. The van der Waals surface area contributed by atoms with Gasteiger partial charge in [-0.2, -0.15) is 0 Å². The van der Waals surface area contributed by atoms with Crippen LogP contribution in [0.5, 0.6) is 11.5 Å². The quantitative estimate of drug-likeness (QED) is 0.467. The Morgan fingerprint density at radius 2 is 1.70 bits per heavy atom. The SMILES string of the molecule is COc1ccc(/C(O)=c2/c3nc4cccc5cccc(c54)n-3c(=O)c2=O)cc1OC. The molecule has 0 radical (unpaired) electrons. The lowest BCUT2D eigenvalue weighted by molar-refractivity contribution is 0.354. The number of aliphatic hydroxyl groups is 1. The van der Waals surface area contributed by atoms with Crippen LogP contribution in [0.25, 0.3) is 33.4 Å². The van der Waals surface area contributed by atoms with E-state index in [2.05, 4.69) is 4.98 Å². The molecule has 0 fully saturated rings. The molecule has 7 heteroatoms. The number of methoxy groups -OCH3 is 2. The lowest BCUT2D eigenvalue weighted by Gasteiger charge is -2.12. The van der Waals surface area contributed by atoms with Gasteiger partial charge in [0.05, 0.1) is 25.3 Å². The minimum atomic E-state index is -0.814. The average Bonchev–Trinajstić information content (AvgIpc) is 3.03. The summed E-state index contributed by atoms with van der Waals surface area (Å²) in [6.45, 7) is 0. The zero-order valence-corrected chi connectivity index (χ0v) is 16.2. The zero-order valence-electron chi connectivity index (χ0n) is 16.2. The maximum atomic E-state index is 12.9. The molecule has 3 aromatic rings. The summed E-state index contributed by atoms with van der Waals surface area (Å²) < 4.78 is 11.8. The molecule has 5 rings (SSSR count). The van der Waals surface area contributed by atoms with Gasteiger partial charge in [-0.25, -0.2) is 4.98 Å². The third-order valence-electron chi connectivity index (χ3n) is 5.28. The first kappa shape index (κ1) is 17.9. The number of aliphatic hydroxyl groups excluding tert-OH is 1. The fraction of sp³-hybridized carbons (Fsp3) is 0.0870. The predicted octanol–water partition coefficient (Wildman–Crippen LogP) is 2.23. The second-order valence-corrected chi connectivity index (χ2v) is 6.85. The summed E-state index contributed by atoms with van der Waals surface area (Å²) in [7, 11) is 2.97. The minimum Gasteiger partial charge on any atom is -0.506 e. The molecule has 0 saturated heterocycles. The Hall–Kier alpha value is -4.13. The second-order valence-electron chi connectivity index (χ2n) is 6.85. The first-order valence-corrected chi connectivity index (χ1v) is 9.20. The van der Waals surface area contributed by atoms with Gasteiger partial charge in [0.1, 0.15) is 11.0 Å². The molecule has 1 N–H and O–H groups in total. The molecular weight excluding hydrogens is 384 g/mol. The molecule has 0 bridgehead atoms. The monoisotopic (exact) mass is 400 g/mol. The maximum Gasteiger partial charge on any atom is 0.305 e. The number of benzene rings is 3. The van der Waals surface area contributed by atoms with Crippen LogP contribution in [-0.4, -0.2) is 28.9 Å². The van der Waals surface area contributed by atoms with Crippen LogP contribution in [0.4, 0.5) is 0 Å². The smallest absolute Gasteiger partial charge is 0.305 e. The Kier molecular flexibility index (Phi) is 3.86. The maximum absolute atomic E-state index is 12.9. The van der Waals surface area contributed by atoms with Crippen LogP contribution >= 0.6 is 0 Å². The summed E-state index contributed by atoms with van der Waals surface area (Å²) in [5, 5.41) is 12.5. The third-order valence-corrected chi connectivity index (χ3v) is 5.28. The summed E-state index contributed by atoms with van der Waals surface area (Å²) in [6.07, 6.45) is 0. The van der Waals surface area contributed by atoms with Crippen molar-refractivity contribution in [3.05, 3.63) is 86.0 Å². The number of aromatic nitrogens is 2. The van der Waals surface area contributed by atoms with Gasteiger partial charge in [-0.05, 0) is 35.7 Å². The molecule has 0 atom stereocenters. The number of ether oxygens (including phenoxy) is 2. The van der Waals surface area contributed by atoms with E-state index in [1.807, 2.05) is 30.3 Å². The topological polar surface area (TPSA) is 90.6 Å². The van der Waals surface area contributed by atoms with Crippen molar-refractivity contribution >= 4 is 27.6 Å². The molecule has 0 saturated carbocycles. The molecule has 0 unspecified atom stereocenters. The molecule has 30 heavy (non-hydrogen) atoms. The van der Waals surface area contributed by atoms with E-state index in [4.69, 9.17) is 9.47 Å². The van der Waals surface area contributed by atoms with E-state index in [1.54, 1.807) is 24.3 Å². The summed E-state index contributed by atoms with van der Waals surface area (Å²) in [5.41, 5.74) is -0.0509. The minimum absolute atomic E-state index is 0.114.